The molecule has 0 aliphatic carbocycles. The molecule has 1 atom stereocenters. The second-order valence-electron chi connectivity index (χ2n) is 4.05. The van der Waals surface area contributed by atoms with Crippen molar-refractivity contribution in [2.75, 3.05) is 6.61 Å². The molecule has 0 heterocycles. The Morgan fingerprint density at radius 1 is 1.24 bits per heavy atom. The van der Waals surface area contributed by atoms with Crippen molar-refractivity contribution in [3.8, 4) is 5.75 Å². The minimum atomic E-state index is -0.895. The van der Waals surface area contributed by atoms with Crippen LogP contribution in [0.15, 0.2) is 12.1 Å². The van der Waals surface area contributed by atoms with Crippen molar-refractivity contribution in [1.82, 2.24) is 0 Å². The first kappa shape index (κ1) is 13.9. The van der Waals surface area contributed by atoms with E-state index >= 15 is 0 Å². The molecule has 0 radical (unpaired) electrons. The fraction of sp³-hybridized carbons (Fsp3) is 0.538. The molecule has 96 valence electrons. The molecule has 0 saturated heterocycles. The maximum atomic E-state index is 13.5. The average molecular weight is 244 g/mol. The first-order chi connectivity index (χ1) is 8.06. The van der Waals surface area contributed by atoms with Crippen LogP contribution in [0.3, 0.4) is 0 Å². The number of aliphatic hydroxyl groups excluding tert-OH is 1. The van der Waals surface area contributed by atoms with Gasteiger partial charge in [0.1, 0.15) is 0 Å². The molecule has 0 bridgehead atoms. The lowest BCUT2D eigenvalue weighted by molar-refractivity contribution is 0.197. The molecule has 0 aromatic heterocycles. The maximum absolute atomic E-state index is 13.5. The number of hydrogen-bond donors (Lipinski definition) is 1. The van der Waals surface area contributed by atoms with E-state index < -0.39 is 17.7 Å². The summed E-state index contributed by atoms with van der Waals surface area (Å²) in [5, 5.41) is 9.24. The van der Waals surface area contributed by atoms with Gasteiger partial charge in [-0.25, -0.2) is 8.78 Å². The molecule has 0 aliphatic heterocycles. The molecular formula is C13H18F2O2. The third kappa shape index (κ3) is 3.97. The lowest BCUT2D eigenvalue weighted by Gasteiger charge is -2.11. The summed E-state index contributed by atoms with van der Waals surface area (Å²) in [7, 11) is 0. The molecule has 1 rings (SSSR count). The van der Waals surface area contributed by atoms with E-state index in [1.807, 2.05) is 6.92 Å². The Kier molecular flexibility index (Phi) is 5.35. The molecule has 0 saturated carbocycles. The van der Waals surface area contributed by atoms with E-state index in [4.69, 9.17) is 4.74 Å². The predicted molar refractivity (Wildman–Crippen MR) is 62.0 cm³/mol. The molecule has 1 aromatic rings. The predicted octanol–water partition coefficient (Wildman–Crippen LogP) is 3.59. The van der Waals surface area contributed by atoms with Gasteiger partial charge < -0.3 is 9.84 Å². The van der Waals surface area contributed by atoms with Crippen molar-refractivity contribution in [3.05, 3.63) is 29.3 Å². The van der Waals surface area contributed by atoms with Gasteiger partial charge in [-0.05, 0) is 31.0 Å². The molecule has 0 fully saturated rings. The highest BCUT2D eigenvalue weighted by Crippen LogP contribution is 2.26. The number of unbranched alkanes of at least 4 members (excludes halogenated alkanes) is 2. The van der Waals surface area contributed by atoms with Crippen molar-refractivity contribution in [2.45, 2.75) is 39.2 Å². The Hall–Kier alpha value is -1.16. The minimum Gasteiger partial charge on any atom is -0.488 e. The third-order valence-corrected chi connectivity index (χ3v) is 2.50. The van der Waals surface area contributed by atoms with Gasteiger partial charge in [0, 0.05) is 0 Å². The van der Waals surface area contributed by atoms with E-state index in [0.717, 1.165) is 31.4 Å². The Morgan fingerprint density at radius 2 is 1.82 bits per heavy atom. The number of rotatable bonds is 6. The number of aliphatic hydroxyl groups is 1. The first-order valence-electron chi connectivity index (χ1n) is 5.86. The summed E-state index contributed by atoms with van der Waals surface area (Å²) in [5.41, 5.74) is 0.209. The number of halogens is 2. The third-order valence-electron chi connectivity index (χ3n) is 2.50. The van der Waals surface area contributed by atoms with Gasteiger partial charge in [-0.1, -0.05) is 19.8 Å². The summed E-state index contributed by atoms with van der Waals surface area (Å²) in [6.45, 7) is 3.80. The lowest BCUT2D eigenvalue weighted by Crippen LogP contribution is -2.03. The normalized spacial score (nSPS) is 12.5. The molecule has 17 heavy (non-hydrogen) atoms. The second-order valence-corrected chi connectivity index (χ2v) is 4.05. The number of ether oxygens (including phenoxy) is 1. The molecule has 0 unspecified atom stereocenters. The first-order valence-corrected chi connectivity index (χ1v) is 5.86. The number of benzene rings is 1. The minimum absolute atomic E-state index is 0.209. The molecule has 0 spiro atoms. The zero-order valence-corrected chi connectivity index (χ0v) is 10.2. The van der Waals surface area contributed by atoms with Crippen LogP contribution in [0.25, 0.3) is 0 Å². The van der Waals surface area contributed by atoms with Crippen molar-refractivity contribution < 1.29 is 18.6 Å². The maximum Gasteiger partial charge on any atom is 0.190 e. The quantitative estimate of drug-likeness (QED) is 0.775. The highest BCUT2D eigenvalue weighted by Gasteiger charge is 2.14. The molecular weight excluding hydrogens is 226 g/mol. The summed E-state index contributed by atoms with van der Waals surface area (Å²) in [6.07, 6.45) is 1.87. The van der Waals surface area contributed by atoms with E-state index in [1.165, 1.54) is 6.92 Å². The summed E-state index contributed by atoms with van der Waals surface area (Å²) in [4.78, 5) is 0. The SMILES string of the molecule is CCCCCOc1c(F)cc([C@H](C)O)cc1F. The fourth-order valence-electron chi connectivity index (χ4n) is 1.48. The zero-order chi connectivity index (χ0) is 12.8. The molecule has 1 N–H and O–H groups in total. The van der Waals surface area contributed by atoms with Crippen LogP contribution in [0, 0.1) is 11.6 Å². The molecule has 0 aliphatic rings. The highest BCUT2D eigenvalue weighted by molar-refractivity contribution is 5.32. The van der Waals surface area contributed by atoms with Crippen molar-refractivity contribution >= 4 is 0 Å². The van der Waals surface area contributed by atoms with Crippen LogP contribution in [0.2, 0.25) is 0 Å². The van der Waals surface area contributed by atoms with Crippen LogP contribution >= 0.6 is 0 Å². The summed E-state index contributed by atoms with van der Waals surface area (Å²) in [6, 6.07) is 2.20. The van der Waals surface area contributed by atoms with Gasteiger partial charge in [0.15, 0.2) is 17.4 Å². The highest BCUT2D eigenvalue weighted by atomic mass is 19.1. The lowest BCUT2D eigenvalue weighted by atomic mass is 10.1. The van der Waals surface area contributed by atoms with Crippen LogP contribution in [-0.4, -0.2) is 11.7 Å². The van der Waals surface area contributed by atoms with Gasteiger partial charge in [0.25, 0.3) is 0 Å². The van der Waals surface area contributed by atoms with Crippen LogP contribution in [-0.2, 0) is 0 Å². The second kappa shape index (κ2) is 6.55. The van der Waals surface area contributed by atoms with E-state index in [-0.39, 0.29) is 11.3 Å². The fourth-order valence-corrected chi connectivity index (χ4v) is 1.48. The van der Waals surface area contributed by atoms with Crippen molar-refractivity contribution in [3.63, 3.8) is 0 Å². The molecule has 4 heteroatoms. The van der Waals surface area contributed by atoms with E-state index in [9.17, 15) is 13.9 Å². The van der Waals surface area contributed by atoms with Crippen molar-refractivity contribution in [1.29, 1.82) is 0 Å². The van der Waals surface area contributed by atoms with Gasteiger partial charge in [0.2, 0.25) is 0 Å². The zero-order valence-electron chi connectivity index (χ0n) is 10.2. The van der Waals surface area contributed by atoms with Gasteiger partial charge in [-0.15, -0.1) is 0 Å². The summed E-state index contributed by atoms with van der Waals surface area (Å²) in [5.74, 6) is -1.89. The number of hydrogen-bond acceptors (Lipinski definition) is 2. The van der Waals surface area contributed by atoms with Gasteiger partial charge in [-0.3, -0.25) is 0 Å². The Balaban J connectivity index is 2.72. The standard InChI is InChI=1S/C13H18F2O2/c1-3-4-5-6-17-13-11(14)7-10(9(2)16)8-12(13)15/h7-9,16H,3-6H2,1-2H3/t9-/m0/s1. The van der Waals surface area contributed by atoms with E-state index in [0.29, 0.717) is 6.61 Å². The molecule has 1 aromatic carbocycles. The monoisotopic (exact) mass is 244 g/mol. The van der Waals surface area contributed by atoms with Gasteiger partial charge >= 0.3 is 0 Å². The molecule has 2 nitrogen and oxygen atoms in total. The van der Waals surface area contributed by atoms with Crippen LogP contribution in [0.5, 0.6) is 5.75 Å². The van der Waals surface area contributed by atoms with Gasteiger partial charge in [-0.2, -0.15) is 0 Å². The van der Waals surface area contributed by atoms with Crippen molar-refractivity contribution in [2.24, 2.45) is 0 Å². The topological polar surface area (TPSA) is 29.5 Å². The summed E-state index contributed by atoms with van der Waals surface area (Å²) >= 11 is 0. The van der Waals surface area contributed by atoms with Gasteiger partial charge in [0.05, 0.1) is 12.7 Å². The van der Waals surface area contributed by atoms with E-state index in [2.05, 4.69) is 0 Å². The summed E-state index contributed by atoms with van der Waals surface area (Å²) < 4.78 is 32.1. The Labute approximate surface area is 100 Å². The molecule has 0 amide bonds. The van der Waals surface area contributed by atoms with Crippen LogP contribution in [0.4, 0.5) is 8.78 Å². The van der Waals surface area contributed by atoms with Crippen LogP contribution in [0.1, 0.15) is 44.8 Å². The largest absolute Gasteiger partial charge is 0.488 e. The Morgan fingerprint density at radius 3 is 2.29 bits per heavy atom. The smallest absolute Gasteiger partial charge is 0.190 e. The average Bonchev–Trinajstić information content (AvgIpc) is 2.26. The van der Waals surface area contributed by atoms with E-state index in [1.54, 1.807) is 0 Å². The Bertz CT molecular complexity index is 341. The van der Waals surface area contributed by atoms with Crippen LogP contribution < -0.4 is 4.74 Å².